The fraction of sp³-hybridized carbons (Fsp3) is 0.273. The molecule has 0 bridgehead atoms. The summed E-state index contributed by atoms with van der Waals surface area (Å²) in [6.45, 7) is 0. The SMILES string of the molecule is CNOc1ccccc1-c1cc(C2CC2)c2cc([OH+]C)c(OC)cc2c1. The van der Waals surface area contributed by atoms with Gasteiger partial charge in [0.25, 0.3) is 5.75 Å². The van der Waals surface area contributed by atoms with Crippen LogP contribution >= 0.6 is 0 Å². The maximum atomic E-state index is 5.61. The molecule has 2 N–H and O–H groups in total. The van der Waals surface area contributed by atoms with Gasteiger partial charge in [-0.05, 0) is 58.9 Å². The van der Waals surface area contributed by atoms with Gasteiger partial charge in [-0.2, -0.15) is 5.48 Å². The summed E-state index contributed by atoms with van der Waals surface area (Å²) in [6.07, 6.45) is 2.50. The lowest BCUT2D eigenvalue weighted by Crippen LogP contribution is -2.11. The molecule has 0 aliphatic heterocycles. The predicted octanol–water partition coefficient (Wildman–Crippen LogP) is 4.78. The number of methoxy groups -OCH3 is 1. The summed E-state index contributed by atoms with van der Waals surface area (Å²) in [5.41, 5.74) is 6.41. The van der Waals surface area contributed by atoms with E-state index >= 15 is 0 Å². The number of hydroxylamine groups is 1. The second-order valence-corrected chi connectivity index (χ2v) is 6.61. The highest BCUT2D eigenvalue weighted by atomic mass is 16.6. The Balaban J connectivity index is 1.95. The van der Waals surface area contributed by atoms with Crippen molar-refractivity contribution in [3.05, 3.63) is 54.1 Å². The molecule has 4 nitrogen and oxygen atoms in total. The molecule has 3 aromatic carbocycles. The van der Waals surface area contributed by atoms with E-state index in [4.69, 9.17) is 9.57 Å². The second-order valence-electron chi connectivity index (χ2n) is 6.61. The zero-order valence-electron chi connectivity index (χ0n) is 15.4. The van der Waals surface area contributed by atoms with Crippen LogP contribution < -0.4 is 15.1 Å². The van der Waals surface area contributed by atoms with Gasteiger partial charge in [0.2, 0.25) is 5.75 Å². The molecular formula is C22H24NO3+. The third kappa shape index (κ3) is 2.97. The van der Waals surface area contributed by atoms with Crippen LogP contribution in [-0.4, -0.2) is 26.0 Å². The zero-order chi connectivity index (χ0) is 18.1. The van der Waals surface area contributed by atoms with Crippen LogP contribution in [-0.2, 0) is 0 Å². The molecule has 0 aromatic heterocycles. The van der Waals surface area contributed by atoms with E-state index in [9.17, 15) is 0 Å². The van der Waals surface area contributed by atoms with Gasteiger partial charge in [-0.3, -0.25) is 0 Å². The van der Waals surface area contributed by atoms with E-state index in [1.807, 2.05) is 18.2 Å². The van der Waals surface area contributed by atoms with Gasteiger partial charge < -0.3 is 14.3 Å². The first-order valence-corrected chi connectivity index (χ1v) is 8.93. The fourth-order valence-electron chi connectivity index (χ4n) is 3.54. The van der Waals surface area contributed by atoms with Crippen LogP contribution in [0.25, 0.3) is 21.9 Å². The Bertz CT molecular complexity index is 948. The Kier molecular flexibility index (Phi) is 4.43. The molecule has 1 aliphatic carbocycles. The van der Waals surface area contributed by atoms with Crippen molar-refractivity contribution in [3.8, 4) is 28.4 Å². The normalized spacial score (nSPS) is 13.7. The number of rotatable bonds is 6. The quantitative estimate of drug-likeness (QED) is 0.514. The van der Waals surface area contributed by atoms with Crippen molar-refractivity contribution in [2.75, 3.05) is 21.3 Å². The number of benzene rings is 3. The van der Waals surface area contributed by atoms with Crippen molar-refractivity contribution in [1.29, 1.82) is 0 Å². The largest absolute Gasteiger partial charge is 0.582 e. The molecule has 1 aliphatic rings. The summed E-state index contributed by atoms with van der Waals surface area (Å²) >= 11 is 0. The highest BCUT2D eigenvalue weighted by Gasteiger charge is 2.27. The molecule has 0 radical (unpaired) electrons. The number of hydrogen-bond acceptors (Lipinski definition) is 3. The van der Waals surface area contributed by atoms with Crippen LogP contribution in [0.1, 0.15) is 24.3 Å². The van der Waals surface area contributed by atoms with Gasteiger partial charge in [0.1, 0.15) is 0 Å². The van der Waals surface area contributed by atoms with Crippen molar-refractivity contribution in [1.82, 2.24) is 5.48 Å². The van der Waals surface area contributed by atoms with Gasteiger partial charge in [0, 0.05) is 18.7 Å². The second kappa shape index (κ2) is 6.89. The van der Waals surface area contributed by atoms with Gasteiger partial charge in [-0.15, -0.1) is 0 Å². The van der Waals surface area contributed by atoms with Gasteiger partial charge >= 0.3 is 0 Å². The van der Waals surface area contributed by atoms with Crippen molar-refractivity contribution < 1.29 is 14.3 Å². The number of aliphatic hydroxyl groups is 1. The van der Waals surface area contributed by atoms with E-state index in [0.29, 0.717) is 5.92 Å². The number of hydrogen-bond donors (Lipinski definition) is 1. The molecule has 4 heteroatoms. The molecule has 26 heavy (non-hydrogen) atoms. The minimum absolute atomic E-state index is 0.632. The number of fused-ring (bicyclic) bond motifs is 1. The average Bonchev–Trinajstić information content (AvgIpc) is 3.52. The van der Waals surface area contributed by atoms with E-state index in [2.05, 4.69) is 40.5 Å². The van der Waals surface area contributed by atoms with Crippen LogP contribution in [0.15, 0.2) is 48.5 Å². The van der Waals surface area contributed by atoms with E-state index in [1.165, 1.54) is 29.2 Å². The molecule has 0 spiro atoms. The van der Waals surface area contributed by atoms with Gasteiger partial charge in [0.15, 0.2) is 12.9 Å². The van der Waals surface area contributed by atoms with Crippen molar-refractivity contribution >= 4 is 10.8 Å². The van der Waals surface area contributed by atoms with Crippen LogP contribution in [0.4, 0.5) is 0 Å². The fourth-order valence-corrected chi connectivity index (χ4v) is 3.54. The Morgan fingerprint density at radius 1 is 1.04 bits per heavy atom. The smallest absolute Gasteiger partial charge is 0.298 e. The van der Waals surface area contributed by atoms with Crippen molar-refractivity contribution in [2.45, 2.75) is 18.8 Å². The standard InChI is InChI=1S/C22H23NO3/c1-23-26-20-7-5-4-6-17(20)15-10-16-12-21(24-2)22(25-3)13-19(16)18(11-15)14-8-9-14/h4-7,10-14,23H,8-9H2,1-3H3/p+1. The summed E-state index contributed by atoms with van der Waals surface area (Å²) < 4.78 is 9.92. The summed E-state index contributed by atoms with van der Waals surface area (Å²) in [5, 5.41) is 2.44. The topological polar surface area (TPSA) is 43.3 Å². The van der Waals surface area contributed by atoms with Crippen LogP contribution in [0.5, 0.6) is 17.2 Å². The first-order valence-electron chi connectivity index (χ1n) is 8.93. The number of para-hydroxylation sites is 1. The molecule has 0 heterocycles. The van der Waals surface area contributed by atoms with E-state index in [0.717, 1.165) is 28.4 Å². The van der Waals surface area contributed by atoms with E-state index in [-0.39, 0.29) is 0 Å². The third-order valence-electron chi connectivity index (χ3n) is 4.95. The lowest BCUT2D eigenvalue weighted by atomic mass is 9.94. The molecule has 0 amide bonds. The Morgan fingerprint density at radius 3 is 2.54 bits per heavy atom. The number of aromatic hydroxyl groups is 1. The van der Waals surface area contributed by atoms with Gasteiger partial charge in [0.05, 0.1) is 7.11 Å². The van der Waals surface area contributed by atoms with E-state index in [1.54, 1.807) is 21.3 Å². The Morgan fingerprint density at radius 2 is 1.85 bits per heavy atom. The average molecular weight is 350 g/mol. The zero-order valence-corrected chi connectivity index (χ0v) is 15.4. The minimum Gasteiger partial charge on any atom is -0.582 e. The predicted molar refractivity (Wildman–Crippen MR) is 105 cm³/mol. The highest BCUT2D eigenvalue weighted by Crippen LogP contribution is 2.47. The molecule has 1 fully saturated rings. The third-order valence-corrected chi connectivity index (χ3v) is 4.95. The molecular weight excluding hydrogens is 326 g/mol. The summed E-state index contributed by atoms with van der Waals surface area (Å²) in [4.78, 5) is 5.61. The Hall–Kier alpha value is -2.72. The molecule has 3 aromatic rings. The maximum absolute atomic E-state index is 5.61. The van der Waals surface area contributed by atoms with Gasteiger partial charge in [-0.25, -0.2) is 0 Å². The molecule has 1 saturated carbocycles. The van der Waals surface area contributed by atoms with Crippen molar-refractivity contribution in [2.24, 2.45) is 0 Å². The first kappa shape index (κ1) is 16.7. The summed E-state index contributed by atoms with van der Waals surface area (Å²) in [6, 6.07) is 16.9. The summed E-state index contributed by atoms with van der Waals surface area (Å²) in [7, 11) is 5.27. The molecule has 0 atom stereocenters. The summed E-state index contributed by atoms with van der Waals surface area (Å²) in [5.74, 6) is 3.16. The number of ether oxygens (including phenoxy) is 2. The monoisotopic (exact) mass is 350 g/mol. The number of nitrogens with one attached hydrogen (secondary N) is 1. The van der Waals surface area contributed by atoms with Crippen LogP contribution in [0.3, 0.4) is 0 Å². The maximum Gasteiger partial charge on any atom is 0.298 e. The highest BCUT2D eigenvalue weighted by molar-refractivity contribution is 5.94. The lowest BCUT2D eigenvalue weighted by Gasteiger charge is -2.14. The lowest BCUT2D eigenvalue weighted by molar-refractivity contribution is 0.128. The molecule has 0 saturated heterocycles. The molecule has 4 rings (SSSR count). The molecule has 134 valence electrons. The van der Waals surface area contributed by atoms with E-state index < -0.39 is 0 Å². The minimum atomic E-state index is 0.632. The first-order chi connectivity index (χ1) is 12.7. The van der Waals surface area contributed by atoms with Crippen LogP contribution in [0.2, 0.25) is 0 Å². The van der Waals surface area contributed by atoms with Crippen molar-refractivity contribution in [3.63, 3.8) is 0 Å². The van der Waals surface area contributed by atoms with Gasteiger partial charge in [-0.1, -0.05) is 24.3 Å². The molecule has 0 unspecified atom stereocenters. The Labute approximate surface area is 153 Å². The van der Waals surface area contributed by atoms with Crippen LogP contribution in [0, 0.1) is 0 Å².